The van der Waals surface area contributed by atoms with Crippen molar-refractivity contribution in [2.45, 2.75) is 26.3 Å². The van der Waals surface area contributed by atoms with Crippen LogP contribution in [-0.2, 0) is 9.59 Å². The van der Waals surface area contributed by atoms with Crippen molar-refractivity contribution in [2.24, 2.45) is 0 Å². The molecule has 2 N–H and O–H groups in total. The summed E-state index contributed by atoms with van der Waals surface area (Å²) in [5.74, 6) is 0.885. The van der Waals surface area contributed by atoms with Crippen molar-refractivity contribution in [1.29, 1.82) is 0 Å². The third kappa shape index (κ3) is 6.85. The van der Waals surface area contributed by atoms with E-state index in [1.165, 1.54) is 0 Å². The number of hydrogen-bond acceptors (Lipinski definition) is 3. The van der Waals surface area contributed by atoms with Gasteiger partial charge in [0.15, 0.2) is 0 Å². The Morgan fingerprint density at radius 1 is 1.44 bits per heavy atom. The summed E-state index contributed by atoms with van der Waals surface area (Å²) in [7, 11) is 0. The molecule has 0 unspecified atom stereocenters. The molecule has 5 heteroatoms. The number of aliphatic carboxylic acids is 1. The van der Waals surface area contributed by atoms with Crippen LogP contribution in [0, 0.1) is 12.3 Å². The zero-order chi connectivity index (χ0) is 12.8. The predicted octanol–water partition coefficient (Wildman–Crippen LogP) is -0.0791. The van der Waals surface area contributed by atoms with Gasteiger partial charge >= 0.3 is 5.97 Å². The molecule has 0 atom stereocenters. The molecule has 0 aliphatic carbocycles. The maximum Gasteiger partial charge on any atom is 0.323 e. The number of carboxylic acids is 1. The zero-order valence-electron chi connectivity index (χ0n) is 9.91. The molecule has 1 amide bonds. The lowest BCUT2D eigenvalue weighted by atomic mass is 10.1. The summed E-state index contributed by atoms with van der Waals surface area (Å²) in [6, 6.07) is 0. The Balaban J connectivity index is 4.29. The van der Waals surface area contributed by atoms with Gasteiger partial charge in [0.25, 0.3) is 0 Å². The number of rotatable bonds is 5. The molecule has 0 saturated heterocycles. The number of amides is 1. The highest BCUT2D eigenvalue weighted by Gasteiger charge is 2.18. The summed E-state index contributed by atoms with van der Waals surface area (Å²) in [6.45, 7) is 5.49. The number of carbonyl (C=O) groups is 2. The van der Waals surface area contributed by atoms with Crippen LogP contribution in [0.4, 0.5) is 0 Å². The van der Waals surface area contributed by atoms with E-state index < -0.39 is 5.97 Å². The molecule has 0 heterocycles. The molecule has 0 rings (SSSR count). The first-order chi connectivity index (χ1) is 7.26. The topological polar surface area (TPSA) is 69.6 Å². The van der Waals surface area contributed by atoms with E-state index in [1.54, 1.807) is 0 Å². The van der Waals surface area contributed by atoms with Crippen LogP contribution in [0.15, 0.2) is 0 Å². The minimum atomic E-state index is -1.07. The second kappa shape index (κ2) is 6.13. The fraction of sp³-hybridized carbons (Fsp3) is 0.636. The van der Waals surface area contributed by atoms with Crippen LogP contribution < -0.4 is 5.32 Å². The Morgan fingerprint density at radius 2 is 2.00 bits per heavy atom. The second-order valence-electron chi connectivity index (χ2n) is 4.45. The molecule has 90 valence electrons. The third-order valence-electron chi connectivity index (χ3n) is 1.73. The molecule has 5 nitrogen and oxygen atoms in total. The van der Waals surface area contributed by atoms with E-state index >= 15 is 0 Å². The molecule has 0 radical (unpaired) electrons. The smallest absolute Gasteiger partial charge is 0.323 e. The average molecular weight is 226 g/mol. The molecule has 0 aromatic carbocycles. The van der Waals surface area contributed by atoms with Crippen molar-refractivity contribution < 1.29 is 14.7 Å². The van der Waals surface area contributed by atoms with E-state index in [4.69, 9.17) is 11.5 Å². The highest BCUT2D eigenvalue weighted by molar-refractivity contribution is 5.83. The number of carbonyl (C=O) groups excluding carboxylic acids is 1. The third-order valence-corrected chi connectivity index (χ3v) is 1.73. The normalized spacial score (nSPS) is 10.6. The summed E-state index contributed by atoms with van der Waals surface area (Å²) in [4.78, 5) is 23.3. The van der Waals surface area contributed by atoms with Gasteiger partial charge in [-0.1, -0.05) is 5.92 Å². The number of nitrogens with one attached hydrogen (secondary N) is 1. The predicted molar refractivity (Wildman–Crippen MR) is 60.8 cm³/mol. The van der Waals surface area contributed by atoms with Crippen molar-refractivity contribution in [3.8, 4) is 12.3 Å². The van der Waals surface area contributed by atoms with Gasteiger partial charge in [-0.25, -0.2) is 0 Å². The summed E-state index contributed by atoms with van der Waals surface area (Å²) in [6.07, 6.45) is 5.07. The largest absolute Gasteiger partial charge is 0.480 e. The molecule has 0 aliphatic rings. The van der Waals surface area contributed by atoms with Gasteiger partial charge in [-0.3, -0.25) is 9.59 Å². The lowest BCUT2D eigenvalue weighted by Gasteiger charge is -2.23. The van der Waals surface area contributed by atoms with E-state index in [9.17, 15) is 9.59 Å². The van der Waals surface area contributed by atoms with Crippen LogP contribution in [0.5, 0.6) is 0 Å². The van der Waals surface area contributed by atoms with Gasteiger partial charge in [0.1, 0.15) is 6.54 Å². The number of terminal acetylenes is 1. The van der Waals surface area contributed by atoms with E-state index in [0.717, 1.165) is 4.90 Å². The summed E-state index contributed by atoms with van der Waals surface area (Å²) in [5, 5.41) is 11.6. The van der Waals surface area contributed by atoms with Crippen LogP contribution in [0.3, 0.4) is 0 Å². The lowest BCUT2D eigenvalue weighted by Crippen LogP contribution is -2.46. The fourth-order valence-electron chi connectivity index (χ4n) is 0.958. The van der Waals surface area contributed by atoms with Crippen LogP contribution in [-0.4, -0.2) is 47.1 Å². The lowest BCUT2D eigenvalue weighted by molar-refractivity contribution is -0.143. The fourth-order valence-corrected chi connectivity index (χ4v) is 0.958. The van der Waals surface area contributed by atoms with Gasteiger partial charge in [-0.15, -0.1) is 6.42 Å². The Labute approximate surface area is 95.8 Å². The first kappa shape index (κ1) is 14.5. The zero-order valence-corrected chi connectivity index (χ0v) is 9.91. The van der Waals surface area contributed by atoms with E-state index in [1.807, 2.05) is 20.8 Å². The van der Waals surface area contributed by atoms with Gasteiger partial charge in [-0.2, -0.15) is 0 Å². The molecule has 0 bridgehead atoms. The highest BCUT2D eigenvalue weighted by atomic mass is 16.4. The average Bonchev–Trinajstić information content (AvgIpc) is 2.11. The number of nitrogens with zero attached hydrogens (tertiary/aromatic N) is 1. The molecule has 0 spiro atoms. The van der Waals surface area contributed by atoms with Gasteiger partial charge in [0, 0.05) is 5.54 Å². The maximum atomic E-state index is 11.6. The molecule has 16 heavy (non-hydrogen) atoms. The van der Waals surface area contributed by atoms with Gasteiger partial charge in [-0.05, 0) is 20.8 Å². The summed E-state index contributed by atoms with van der Waals surface area (Å²) >= 11 is 0. The molecule has 0 aliphatic heterocycles. The SMILES string of the molecule is C#CCN(CC(=O)O)C(=O)CNC(C)(C)C. The van der Waals surface area contributed by atoms with Gasteiger partial charge in [0.05, 0.1) is 13.1 Å². The van der Waals surface area contributed by atoms with Crippen molar-refractivity contribution in [3.63, 3.8) is 0 Å². The minimum absolute atomic E-state index is 0.0109. The molecule has 0 saturated carbocycles. The quantitative estimate of drug-likeness (QED) is 0.643. The highest BCUT2D eigenvalue weighted by Crippen LogP contribution is 1.98. The van der Waals surface area contributed by atoms with Gasteiger partial charge in [0.2, 0.25) is 5.91 Å². The molecule has 0 aromatic heterocycles. The summed E-state index contributed by atoms with van der Waals surface area (Å²) in [5.41, 5.74) is -0.194. The first-order valence-corrected chi connectivity index (χ1v) is 4.94. The monoisotopic (exact) mass is 226 g/mol. The summed E-state index contributed by atoms with van der Waals surface area (Å²) < 4.78 is 0. The Bertz CT molecular complexity index is 299. The van der Waals surface area contributed by atoms with Crippen molar-refractivity contribution in [3.05, 3.63) is 0 Å². The van der Waals surface area contributed by atoms with Crippen LogP contribution in [0.2, 0.25) is 0 Å². The van der Waals surface area contributed by atoms with E-state index in [2.05, 4.69) is 11.2 Å². The molecule has 0 fully saturated rings. The Morgan fingerprint density at radius 3 is 2.38 bits per heavy atom. The van der Waals surface area contributed by atoms with Crippen molar-refractivity contribution in [1.82, 2.24) is 10.2 Å². The van der Waals surface area contributed by atoms with Crippen LogP contribution >= 0.6 is 0 Å². The van der Waals surface area contributed by atoms with E-state index in [-0.39, 0.29) is 31.1 Å². The van der Waals surface area contributed by atoms with E-state index in [0.29, 0.717) is 0 Å². The first-order valence-electron chi connectivity index (χ1n) is 4.94. The minimum Gasteiger partial charge on any atom is -0.480 e. The van der Waals surface area contributed by atoms with Crippen LogP contribution in [0.25, 0.3) is 0 Å². The number of hydrogen-bond donors (Lipinski definition) is 2. The van der Waals surface area contributed by atoms with Crippen molar-refractivity contribution >= 4 is 11.9 Å². The standard InChI is InChI=1S/C11H18N2O3/c1-5-6-13(8-10(15)16)9(14)7-12-11(2,3)4/h1,12H,6-8H2,2-4H3,(H,15,16). The van der Waals surface area contributed by atoms with Gasteiger partial charge < -0.3 is 15.3 Å². The van der Waals surface area contributed by atoms with Crippen molar-refractivity contribution in [2.75, 3.05) is 19.6 Å². The molecule has 0 aromatic rings. The Hall–Kier alpha value is -1.54. The second-order valence-corrected chi connectivity index (χ2v) is 4.45. The molecular formula is C11H18N2O3. The number of carboxylic acid groups (broad SMARTS) is 1. The Kier molecular flexibility index (Phi) is 5.54. The molecular weight excluding hydrogens is 208 g/mol. The van der Waals surface area contributed by atoms with Crippen LogP contribution in [0.1, 0.15) is 20.8 Å². The maximum absolute atomic E-state index is 11.6.